The van der Waals surface area contributed by atoms with Crippen molar-refractivity contribution < 1.29 is 13.5 Å². The maximum absolute atomic E-state index is 11.0. The Morgan fingerprint density at radius 1 is 1.33 bits per heavy atom. The van der Waals surface area contributed by atoms with Crippen LogP contribution < -0.4 is 0 Å². The van der Waals surface area contributed by atoms with Crippen molar-refractivity contribution >= 4 is 9.84 Å². The molecule has 1 saturated carbocycles. The predicted octanol–water partition coefficient (Wildman–Crippen LogP) is 1.61. The highest BCUT2D eigenvalue weighted by atomic mass is 32.2. The molecule has 0 aromatic rings. The van der Waals surface area contributed by atoms with E-state index in [1.807, 2.05) is 0 Å². The van der Waals surface area contributed by atoms with Crippen molar-refractivity contribution in [3.63, 3.8) is 0 Å². The Balaban J connectivity index is 2.30. The van der Waals surface area contributed by atoms with E-state index in [1.165, 1.54) is 6.26 Å². The van der Waals surface area contributed by atoms with Gasteiger partial charge in [-0.3, -0.25) is 0 Å². The summed E-state index contributed by atoms with van der Waals surface area (Å²) in [4.78, 5) is 0. The molecule has 0 aromatic carbocycles. The van der Waals surface area contributed by atoms with E-state index in [1.54, 1.807) is 0 Å². The first-order valence-electron chi connectivity index (χ1n) is 5.74. The molecule has 3 atom stereocenters. The third-order valence-corrected chi connectivity index (χ3v) is 4.32. The molecule has 1 aliphatic carbocycles. The number of hydrogen-bond donors (Lipinski definition) is 1. The van der Waals surface area contributed by atoms with E-state index in [-0.39, 0.29) is 11.9 Å². The van der Waals surface area contributed by atoms with Gasteiger partial charge in [0, 0.05) is 12.0 Å². The topological polar surface area (TPSA) is 54.4 Å². The molecule has 90 valence electrons. The molecular weight excluding hydrogens is 212 g/mol. The molecule has 0 radical (unpaired) electrons. The maximum atomic E-state index is 11.0. The predicted molar refractivity (Wildman–Crippen MR) is 61.5 cm³/mol. The summed E-state index contributed by atoms with van der Waals surface area (Å²) >= 11 is 0. The van der Waals surface area contributed by atoms with Crippen LogP contribution in [0.3, 0.4) is 0 Å². The first-order chi connectivity index (χ1) is 6.88. The highest BCUT2D eigenvalue weighted by Gasteiger charge is 2.26. The van der Waals surface area contributed by atoms with Crippen LogP contribution in [0.2, 0.25) is 0 Å². The summed E-state index contributed by atoms with van der Waals surface area (Å²) in [6, 6.07) is 0. The van der Waals surface area contributed by atoms with Gasteiger partial charge in [-0.05, 0) is 43.9 Å². The Hall–Kier alpha value is -0.0900. The third kappa shape index (κ3) is 4.98. The van der Waals surface area contributed by atoms with Crippen LogP contribution in [0.5, 0.6) is 0 Å². The van der Waals surface area contributed by atoms with Gasteiger partial charge in [-0.2, -0.15) is 0 Å². The molecular formula is C11H22O3S. The molecule has 1 fully saturated rings. The van der Waals surface area contributed by atoms with Gasteiger partial charge in [0.1, 0.15) is 9.84 Å². The van der Waals surface area contributed by atoms with Gasteiger partial charge in [0.15, 0.2) is 0 Å². The van der Waals surface area contributed by atoms with Gasteiger partial charge in [-0.25, -0.2) is 8.42 Å². The molecule has 3 nitrogen and oxygen atoms in total. The minimum Gasteiger partial charge on any atom is -0.393 e. The Kier molecular flexibility index (Phi) is 4.59. The van der Waals surface area contributed by atoms with E-state index in [0.717, 1.165) is 25.7 Å². The zero-order valence-corrected chi connectivity index (χ0v) is 10.5. The summed E-state index contributed by atoms with van der Waals surface area (Å²) in [6.45, 7) is 2.20. The molecule has 0 aliphatic heterocycles. The summed E-state index contributed by atoms with van der Waals surface area (Å²) in [7, 11) is -2.84. The van der Waals surface area contributed by atoms with Crippen LogP contribution >= 0.6 is 0 Å². The van der Waals surface area contributed by atoms with Crippen LogP contribution in [0.25, 0.3) is 0 Å². The molecule has 0 saturated heterocycles. The molecule has 3 unspecified atom stereocenters. The van der Waals surface area contributed by atoms with E-state index in [0.29, 0.717) is 18.3 Å². The van der Waals surface area contributed by atoms with E-state index in [4.69, 9.17) is 0 Å². The second-order valence-electron chi connectivity index (χ2n) is 5.02. The number of aliphatic hydroxyl groups is 1. The van der Waals surface area contributed by atoms with Crippen molar-refractivity contribution in [2.45, 2.75) is 45.1 Å². The number of hydrogen-bond acceptors (Lipinski definition) is 3. The van der Waals surface area contributed by atoms with Crippen molar-refractivity contribution in [2.24, 2.45) is 11.8 Å². The molecule has 0 spiro atoms. The van der Waals surface area contributed by atoms with Gasteiger partial charge >= 0.3 is 0 Å². The van der Waals surface area contributed by atoms with Gasteiger partial charge in [0.05, 0.1) is 6.10 Å². The fraction of sp³-hybridized carbons (Fsp3) is 1.00. The minimum absolute atomic E-state index is 0.208. The third-order valence-electron chi connectivity index (χ3n) is 3.29. The fourth-order valence-electron chi connectivity index (χ4n) is 2.40. The monoisotopic (exact) mass is 234 g/mol. The SMILES string of the molecule is CC1CCC(O)C(CCCS(C)(=O)=O)C1. The number of sulfone groups is 1. The van der Waals surface area contributed by atoms with E-state index >= 15 is 0 Å². The Morgan fingerprint density at radius 2 is 2.00 bits per heavy atom. The highest BCUT2D eigenvalue weighted by Crippen LogP contribution is 2.31. The standard InChI is InChI=1S/C11H22O3S/c1-9-5-6-11(12)10(8-9)4-3-7-15(2,13)14/h9-12H,3-8H2,1-2H3. The maximum Gasteiger partial charge on any atom is 0.147 e. The Bertz CT molecular complexity index is 284. The lowest BCUT2D eigenvalue weighted by atomic mass is 9.78. The lowest BCUT2D eigenvalue weighted by Crippen LogP contribution is -2.28. The summed E-state index contributed by atoms with van der Waals surface area (Å²) in [5.74, 6) is 1.25. The van der Waals surface area contributed by atoms with Gasteiger partial charge < -0.3 is 5.11 Å². The van der Waals surface area contributed by atoms with Crippen molar-refractivity contribution in [3.05, 3.63) is 0 Å². The lowest BCUT2D eigenvalue weighted by Gasteiger charge is -2.31. The van der Waals surface area contributed by atoms with Crippen molar-refractivity contribution in [1.82, 2.24) is 0 Å². The first-order valence-corrected chi connectivity index (χ1v) is 7.80. The second-order valence-corrected chi connectivity index (χ2v) is 7.28. The molecule has 4 heteroatoms. The van der Waals surface area contributed by atoms with Gasteiger partial charge in [-0.15, -0.1) is 0 Å². The van der Waals surface area contributed by atoms with Crippen LogP contribution in [0.1, 0.15) is 39.0 Å². The molecule has 0 bridgehead atoms. The molecule has 1 aliphatic rings. The van der Waals surface area contributed by atoms with E-state index in [2.05, 4.69) is 6.92 Å². The summed E-state index contributed by atoms with van der Waals surface area (Å²) < 4.78 is 21.9. The average molecular weight is 234 g/mol. The molecule has 0 heterocycles. The zero-order chi connectivity index (χ0) is 11.5. The number of rotatable bonds is 4. The Morgan fingerprint density at radius 3 is 2.60 bits per heavy atom. The van der Waals surface area contributed by atoms with Crippen LogP contribution in [-0.4, -0.2) is 31.6 Å². The highest BCUT2D eigenvalue weighted by molar-refractivity contribution is 7.90. The van der Waals surface area contributed by atoms with Gasteiger partial charge in [0.25, 0.3) is 0 Å². The lowest BCUT2D eigenvalue weighted by molar-refractivity contribution is 0.0472. The normalized spacial score (nSPS) is 32.9. The van der Waals surface area contributed by atoms with Crippen molar-refractivity contribution in [3.8, 4) is 0 Å². The Labute approximate surface area is 92.8 Å². The average Bonchev–Trinajstić information content (AvgIpc) is 2.09. The molecule has 1 N–H and O–H groups in total. The van der Waals surface area contributed by atoms with Crippen LogP contribution in [0.15, 0.2) is 0 Å². The van der Waals surface area contributed by atoms with Crippen LogP contribution in [0.4, 0.5) is 0 Å². The summed E-state index contributed by atoms with van der Waals surface area (Å²) in [5.41, 5.74) is 0. The van der Waals surface area contributed by atoms with Crippen LogP contribution in [0, 0.1) is 11.8 Å². The minimum atomic E-state index is -2.84. The fourth-order valence-corrected chi connectivity index (χ4v) is 3.09. The van der Waals surface area contributed by atoms with Crippen molar-refractivity contribution in [1.29, 1.82) is 0 Å². The molecule has 0 aromatic heterocycles. The molecule has 0 amide bonds. The molecule has 1 rings (SSSR count). The van der Waals surface area contributed by atoms with Crippen molar-refractivity contribution in [2.75, 3.05) is 12.0 Å². The second kappa shape index (κ2) is 5.30. The van der Waals surface area contributed by atoms with Gasteiger partial charge in [0.2, 0.25) is 0 Å². The smallest absolute Gasteiger partial charge is 0.147 e. The first kappa shape index (κ1) is 13.0. The quantitative estimate of drug-likeness (QED) is 0.804. The molecule has 15 heavy (non-hydrogen) atoms. The zero-order valence-electron chi connectivity index (χ0n) is 9.65. The summed E-state index contributed by atoms with van der Waals surface area (Å²) in [6.07, 6.45) is 5.62. The van der Waals surface area contributed by atoms with Crippen LogP contribution in [-0.2, 0) is 9.84 Å². The van der Waals surface area contributed by atoms with E-state index < -0.39 is 9.84 Å². The number of aliphatic hydroxyl groups excluding tert-OH is 1. The largest absolute Gasteiger partial charge is 0.393 e. The van der Waals surface area contributed by atoms with Gasteiger partial charge in [-0.1, -0.05) is 6.92 Å². The van der Waals surface area contributed by atoms with E-state index in [9.17, 15) is 13.5 Å². The summed E-state index contributed by atoms with van der Waals surface area (Å²) in [5, 5.41) is 9.77.